The van der Waals surface area contributed by atoms with Crippen molar-refractivity contribution >= 4 is 28.8 Å². The number of fused-ring (bicyclic) bond motifs is 1. The Kier molecular flexibility index (Phi) is 5.97. The van der Waals surface area contributed by atoms with Crippen LogP contribution in [0.5, 0.6) is 0 Å². The molecule has 35 heavy (non-hydrogen) atoms. The van der Waals surface area contributed by atoms with Crippen molar-refractivity contribution in [2.45, 2.75) is 26.2 Å². The van der Waals surface area contributed by atoms with Gasteiger partial charge in [-0.05, 0) is 30.3 Å². The lowest BCUT2D eigenvalue weighted by molar-refractivity contribution is 0.0741. The second kappa shape index (κ2) is 8.96. The van der Waals surface area contributed by atoms with Crippen LogP contribution in [-0.2, 0) is 5.41 Å². The number of hydrogen-bond acceptors (Lipinski definition) is 4. The van der Waals surface area contributed by atoms with E-state index in [-0.39, 0.29) is 17.1 Å². The van der Waals surface area contributed by atoms with E-state index in [0.717, 1.165) is 11.4 Å². The van der Waals surface area contributed by atoms with E-state index in [0.29, 0.717) is 53.8 Å². The molecule has 4 aromatic rings. The van der Waals surface area contributed by atoms with Gasteiger partial charge in [0.1, 0.15) is 11.5 Å². The minimum absolute atomic E-state index is 0.150. The average molecular weight is 492 g/mol. The monoisotopic (exact) mass is 491 g/mol. The van der Waals surface area contributed by atoms with Crippen LogP contribution in [0.4, 0.5) is 10.1 Å². The number of halogens is 2. The molecule has 2 aromatic carbocycles. The van der Waals surface area contributed by atoms with Crippen LogP contribution >= 0.6 is 11.6 Å². The molecule has 0 bridgehead atoms. The highest BCUT2D eigenvalue weighted by molar-refractivity contribution is 6.33. The first-order valence-electron chi connectivity index (χ1n) is 11.7. The fourth-order valence-electron chi connectivity index (χ4n) is 4.32. The highest BCUT2D eigenvalue weighted by atomic mass is 35.5. The molecule has 0 unspecified atom stereocenters. The number of amides is 1. The quantitative estimate of drug-likeness (QED) is 0.382. The van der Waals surface area contributed by atoms with Crippen LogP contribution in [-0.4, -0.2) is 51.6 Å². The van der Waals surface area contributed by atoms with Gasteiger partial charge in [-0.15, -0.1) is 0 Å². The van der Waals surface area contributed by atoms with Crippen molar-refractivity contribution in [3.63, 3.8) is 0 Å². The van der Waals surface area contributed by atoms with Crippen molar-refractivity contribution in [2.24, 2.45) is 0 Å². The first kappa shape index (κ1) is 23.3. The molecule has 1 saturated heterocycles. The Morgan fingerprint density at radius 3 is 2.40 bits per heavy atom. The van der Waals surface area contributed by atoms with E-state index in [1.54, 1.807) is 16.6 Å². The number of benzene rings is 2. The zero-order chi connectivity index (χ0) is 24.7. The molecule has 6 nitrogen and oxygen atoms in total. The van der Waals surface area contributed by atoms with Gasteiger partial charge in [-0.25, -0.2) is 13.9 Å². The van der Waals surface area contributed by atoms with Gasteiger partial charge in [-0.3, -0.25) is 4.79 Å². The van der Waals surface area contributed by atoms with E-state index >= 15 is 0 Å². The first-order chi connectivity index (χ1) is 16.7. The van der Waals surface area contributed by atoms with E-state index in [4.69, 9.17) is 16.7 Å². The van der Waals surface area contributed by atoms with E-state index in [1.807, 2.05) is 41.3 Å². The maximum absolute atomic E-state index is 14.1. The van der Waals surface area contributed by atoms with E-state index in [1.165, 1.54) is 12.1 Å². The van der Waals surface area contributed by atoms with Gasteiger partial charge in [-0.1, -0.05) is 56.6 Å². The van der Waals surface area contributed by atoms with Crippen LogP contribution < -0.4 is 4.90 Å². The zero-order valence-electron chi connectivity index (χ0n) is 20.0. The molecule has 3 heterocycles. The minimum atomic E-state index is -0.348. The Morgan fingerprint density at radius 1 is 0.971 bits per heavy atom. The zero-order valence-corrected chi connectivity index (χ0v) is 20.8. The molecule has 2 aromatic heterocycles. The van der Waals surface area contributed by atoms with Crippen molar-refractivity contribution in [1.82, 2.24) is 19.5 Å². The first-order valence-corrected chi connectivity index (χ1v) is 12.0. The molecule has 0 N–H and O–H groups in total. The number of piperazine rings is 1. The van der Waals surface area contributed by atoms with Crippen molar-refractivity contribution in [2.75, 3.05) is 31.1 Å². The third kappa shape index (κ3) is 4.60. The summed E-state index contributed by atoms with van der Waals surface area (Å²) in [6.07, 6.45) is 0. The predicted molar refractivity (Wildman–Crippen MR) is 137 cm³/mol. The molecule has 1 fully saturated rings. The van der Waals surface area contributed by atoms with Crippen molar-refractivity contribution < 1.29 is 9.18 Å². The topological polar surface area (TPSA) is 53.7 Å². The molecular weight excluding hydrogens is 465 g/mol. The van der Waals surface area contributed by atoms with Gasteiger partial charge in [0.15, 0.2) is 5.65 Å². The minimum Gasteiger partial charge on any atom is -0.367 e. The maximum atomic E-state index is 14.1. The van der Waals surface area contributed by atoms with Crippen LogP contribution in [0.25, 0.3) is 16.9 Å². The van der Waals surface area contributed by atoms with Gasteiger partial charge in [-0.2, -0.15) is 5.10 Å². The number of rotatable bonds is 3. The lowest BCUT2D eigenvalue weighted by Crippen LogP contribution is -2.49. The summed E-state index contributed by atoms with van der Waals surface area (Å²) in [6.45, 7) is 8.67. The third-order valence-electron chi connectivity index (χ3n) is 6.30. The molecule has 0 spiro atoms. The number of hydrogen-bond donors (Lipinski definition) is 0. The fraction of sp³-hybridized carbons (Fsp3) is 0.296. The van der Waals surface area contributed by atoms with Gasteiger partial charge >= 0.3 is 0 Å². The Bertz CT molecular complexity index is 1400. The average Bonchev–Trinajstić information content (AvgIpc) is 3.28. The van der Waals surface area contributed by atoms with Crippen LogP contribution in [0.3, 0.4) is 0 Å². The SMILES string of the molecule is CC(C)(C)c1cc2nc(C(=O)N3CCN(c4ccccc4Cl)CC3)cc(-c3cccc(F)c3)n2n1. The van der Waals surface area contributed by atoms with Gasteiger partial charge in [0.2, 0.25) is 0 Å². The summed E-state index contributed by atoms with van der Waals surface area (Å²) < 4.78 is 15.8. The Morgan fingerprint density at radius 2 is 1.71 bits per heavy atom. The molecule has 1 amide bonds. The van der Waals surface area contributed by atoms with Crippen LogP contribution in [0, 0.1) is 5.82 Å². The molecule has 8 heteroatoms. The highest BCUT2D eigenvalue weighted by Gasteiger charge is 2.26. The van der Waals surface area contributed by atoms with E-state index in [9.17, 15) is 9.18 Å². The molecule has 180 valence electrons. The molecule has 1 aliphatic heterocycles. The molecular formula is C27H27ClFN5O. The standard InChI is InChI=1S/C27H27ClFN5O/c1-27(2,3)24-17-25-30-21(16-23(34(25)31-24)18-7-6-8-19(29)15-18)26(35)33-13-11-32(12-14-33)22-10-5-4-9-20(22)28/h4-10,15-17H,11-14H2,1-3H3. The normalized spacial score (nSPS) is 14.5. The van der Waals surface area contributed by atoms with Crippen LogP contribution in [0.15, 0.2) is 60.7 Å². The third-order valence-corrected chi connectivity index (χ3v) is 6.61. The molecule has 5 rings (SSSR count). The number of para-hydroxylation sites is 1. The summed E-state index contributed by atoms with van der Waals surface area (Å²) in [5.41, 5.74) is 3.77. The largest absolute Gasteiger partial charge is 0.367 e. The second-order valence-electron chi connectivity index (χ2n) is 9.82. The number of carbonyl (C=O) groups excluding carboxylic acids is 1. The molecule has 0 aliphatic carbocycles. The van der Waals surface area contributed by atoms with E-state index < -0.39 is 0 Å². The predicted octanol–water partition coefficient (Wildman–Crippen LogP) is 5.45. The summed E-state index contributed by atoms with van der Waals surface area (Å²) in [5, 5.41) is 5.45. The Balaban J connectivity index is 1.48. The highest BCUT2D eigenvalue weighted by Crippen LogP contribution is 2.28. The summed E-state index contributed by atoms with van der Waals surface area (Å²) in [6, 6.07) is 17.7. The lowest BCUT2D eigenvalue weighted by Gasteiger charge is -2.36. The second-order valence-corrected chi connectivity index (χ2v) is 10.2. The van der Waals surface area contributed by atoms with Gasteiger partial charge in [0.25, 0.3) is 5.91 Å². The number of carbonyl (C=O) groups is 1. The molecule has 0 radical (unpaired) electrons. The smallest absolute Gasteiger partial charge is 0.272 e. The Labute approximate surface area is 209 Å². The van der Waals surface area contributed by atoms with Crippen LogP contribution in [0.2, 0.25) is 5.02 Å². The summed E-state index contributed by atoms with van der Waals surface area (Å²) in [4.78, 5) is 22.2. The lowest BCUT2D eigenvalue weighted by atomic mass is 9.93. The number of anilines is 1. The van der Waals surface area contributed by atoms with Crippen molar-refractivity contribution in [3.8, 4) is 11.3 Å². The molecule has 1 aliphatic rings. The summed E-state index contributed by atoms with van der Waals surface area (Å²) in [7, 11) is 0. The number of nitrogens with zero attached hydrogens (tertiary/aromatic N) is 5. The maximum Gasteiger partial charge on any atom is 0.272 e. The van der Waals surface area contributed by atoms with E-state index in [2.05, 4.69) is 30.7 Å². The number of aromatic nitrogens is 3. The molecule has 0 atom stereocenters. The summed E-state index contributed by atoms with van der Waals surface area (Å²) in [5.74, 6) is -0.498. The van der Waals surface area contributed by atoms with Gasteiger partial charge in [0.05, 0.1) is 22.1 Å². The van der Waals surface area contributed by atoms with Crippen molar-refractivity contribution in [1.29, 1.82) is 0 Å². The van der Waals surface area contributed by atoms with Gasteiger partial charge < -0.3 is 9.80 Å². The Hall–Kier alpha value is -3.45. The van der Waals surface area contributed by atoms with Gasteiger partial charge in [0, 0.05) is 43.2 Å². The summed E-state index contributed by atoms with van der Waals surface area (Å²) >= 11 is 6.36. The van der Waals surface area contributed by atoms with Crippen molar-refractivity contribution in [3.05, 3.63) is 82.9 Å². The fourth-order valence-corrected chi connectivity index (χ4v) is 4.58. The van der Waals surface area contributed by atoms with Crippen LogP contribution in [0.1, 0.15) is 37.0 Å². The molecule has 0 saturated carbocycles.